The van der Waals surface area contributed by atoms with Crippen LogP contribution in [0.1, 0.15) is 31.9 Å². The van der Waals surface area contributed by atoms with Crippen molar-refractivity contribution in [2.24, 2.45) is 0 Å². The van der Waals surface area contributed by atoms with Gasteiger partial charge in [0.25, 0.3) is 0 Å². The van der Waals surface area contributed by atoms with Gasteiger partial charge in [0, 0.05) is 24.3 Å². The number of hydrogen-bond acceptors (Lipinski definition) is 4. The zero-order chi connectivity index (χ0) is 14.8. The van der Waals surface area contributed by atoms with Crippen molar-refractivity contribution in [2.75, 3.05) is 11.4 Å². The lowest BCUT2D eigenvalue weighted by atomic mass is 10.0. The highest BCUT2D eigenvalue weighted by molar-refractivity contribution is 5.65. The van der Waals surface area contributed by atoms with Crippen molar-refractivity contribution in [1.82, 2.24) is 9.97 Å². The molecule has 4 nitrogen and oxygen atoms in total. The van der Waals surface area contributed by atoms with E-state index in [1.54, 1.807) is 6.07 Å². The highest BCUT2D eigenvalue weighted by Crippen LogP contribution is 2.29. The van der Waals surface area contributed by atoms with Crippen molar-refractivity contribution < 1.29 is 5.11 Å². The first-order valence-corrected chi connectivity index (χ1v) is 7.56. The maximum absolute atomic E-state index is 10.0. The smallest absolute Gasteiger partial charge is 0.165 e. The number of rotatable bonds is 2. The second-order valence-corrected chi connectivity index (χ2v) is 5.75. The van der Waals surface area contributed by atoms with Crippen LogP contribution in [0.5, 0.6) is 5.75 Å². The molecule has 1 aliphatic rings. The molecule has 3 rings (SSSR count). The summed E-state index contributed by atoms with van der Waals surface area (Å²) in [5, 5.41) is 10.0. The molecule has 0 saturated carbocycles. The van der Waals surface area contributed by atoms with Crippen molar-refractivity contribution in [3.8, 4) is 17.1 Å². The Kier molecular flexibility index (Phi) is 3.78. The van der Waals surface area contributed by atoms with E-state index in [2.05, 4.69) is 16.8 Å². The number of piperidine rings is 1. The number of aryl methyl sites for hydroxylation is 1. The molecule has 0 unspecified atom stereocenters. The summed E-state index contributed by atoms with van der Waals surface area (Å²) in [4.78, 5) is 11.5. The van der Waals surface area contributed by atoms with Crippen LogP contribution in [0.4, 0.5) is 5.82 Å². The average molecular weight is 283 g/mol. The van der Waals surface area contributed by atoms with Gasteiger partial charge in [0.2, 0.25) is 0 Å². The van der Waals surface area contributed by atoms with Crippen LogP contribution < -0.4 is 4.90 Å². The van der Waals surface area contributed by atoms with Crippen molar-refractivity contribution in [3.05, 3.63) is 36.0 Å². The lowest BCUT2D eigenvalue weighted by Crippen LogP contribution is -2.38. The number of hydrogen-bond donors (Lipinski definition) is 1. The van der Waals surface area contributed by atoms with E-state index in [9.17, 15) is 5.11 Å². The Labute approximate surface area is 125 Å². The number of phenols is 1. The fraction of sp³-hybridized carbons (Fsp3) is 0.412. The van der Waals surface area contributed by atoms with Crippen LogP contribution in [-0.2, 0) is 0 Å². The molecule has 0 amide bonds. The van der Waals surface area contributed by atoms with Crippen molar-refractivity contribution in [2.45, 2.75) is 39.2 Å². The molecular formula is C17H21N3O. The van der Waals surface area contributed by atoms with Crippen LogP contribution in [-0.4, -0.2) is 27.7 Å². The Morgan fingerprint density at radius 1 is 1.19 bits per heavy atom. The minimum Gasteiger partial charge on any atom is -0.507 e. The second-order valence-electron chi connectivity index (χ2n) is 5.75. The molecule has 110 valence electrons. The molecule has 21 heavy (non-hydrogen) atoms. The van der Waals surface area contributed by atoms with E-state index in [1.165, 1.54) is 19.3 Å². The number of aromatic nitrogens is 2. The quantitative estimate of drug-likeness (QED) is 0.916. The Hall–Kier alpha value is -2.10. The fourth-order valence-electron chi connectivity index (χ4n) is 2.92. The van der Waals surface area contributed by atoms with Gasteiger partial charge < -0.3 is 10.0 Å². The van der Waals surface area contributed by atoms with E-state index in [4.69, 9.17) is 4.98 Å². The lowest BCUT2D eigenvalue weighted by molar-refractivity contribution is 0.476. The van der Waals surface area contributed by atoms with E-state index in [1.807, 2.05) is 31.2 Å². The van der Waals surface area contributed by atoms with Crippen LogP contribution in [0.25, 0.3) is 11.4 Å². The fourth-order valence-corrected chi connectivity index (χ4v) is 2.92. The number of para-hydroxylation sites is 1. The molecule has 1 aromatic carbocycles. The number of nitrogens with zero attached hydrogens (tertiary/aromatic N) is 3. The van der Waals surface area contributed by atoms with Gasteiger partial charge in [0.1, 0.15) is 11.6 Å². The highest BCUT2D eigenvalue weighted by Gasteiger charge is 2.21. The van der Waals surface area contributed by atoms with Crippen molar-refractivity contribution in [1.29, 1.82) is 0 Å². The van der Waals surface area contributed by atoms with Crippen LogP contribution in [0.15, 0.2) is 30.3 Å². The van der Waals surface area contributed by atoms with Gasteiger partial charge in [-0.1, -0.05) is 12.1 Å². The van der Waals surface area contributed by atoms with E-state index < -0.39 is 0 Å². The Balaban J connectivity index is 2.02. The van der Waals surface area contributed by atoms with Crippen LogP contribution in [0, 0.1) is 6.92 Å². The molecule has 2 aromatic rings. The molecule has 4 heteroatoms. The zero-order valence-electron chi connectivity index (χ0n) is 12.6. The van der Waals surface area contributed by atoms with Gasteiger partial charge in [-0.3, -0.25) is 0 Å². The molecule has 1 saturated heterocycles. The summed E-state index contributed by atoms with van der Waals surface area (Å²) >= 11 is 0. The third-order valence-electron chi connectivity index (χ3n) is 4.08. The van der Waals surface area contributed by atoms with Crippen LogP contribution >= 0.6 is 0 Å². The summed E-state index contributed by atoms with van der Waals surface area (Å²) in [6.07, 6.45) is 3.70. The summed E-state index contributed by atoms with van der Waals surface area (Å²) in [7, 11) is 0. The number of aromatic hydroxyl groups is 1. The van der Waals surface area contributed by atoms with Crippen LogP contribution in [0.3, 0.4) is 0 Å². The molecule has 1 N–H and O–H groups in total. The molecular weight excluding hydrogens is 262 g/mol. The minimum absolute atomic E-state index is 0.223. The molecule has 0 bridgehead atoms. The monoisotopic (exact) mass is 283 g/mol. The van der Waals surface area contributed by atoms with Crippen molar-refractivity contribution in [3.63, 3.8) is 0 Å². The van der Waals surface area contributed by atoms with E-state index in [0.29, 0.717) is 17.4 Å². The third kappa shape index (κ3) is 2.84. The standard InChI is InChI=1S/C17H21N3O/c1-12-11-16(20-10-6-5-7-13(20)2)19-17(18-12)14-8-3-4-9-15(14)21/h3-4,8-9,11,13,21H,5-7,10H2,1-2H3/t13-/m0/s1. The summed E-state index contributed by atoms with van der Waals surface area (Å²) in [6.45, 7) is 5.26. The summed E-state index contributed by atoms with van der Waals surface area (Å²) in [6, 6.07) is 9.76. The molecule has 0 radical (unpaired) electrons. The van der Waals surface area contributed by atoms with Gasteiger partial charge in [0.05, 0.1) is 5.56 Å². The van der Waals surface area contributed by atoms with E-state index in [0.717, 1.165) is 18.1 Å². The molecule has 1 atom stereocenters. The van der Waals surface area contributed by atoms with E-state index in [-0.39, 0.29) is 5.75 Å². The highest BCUT2D eigenvalue weighted by atomic mass is 16.3. The Morgan fingerprint density at radius 3 is 2.76 bits per heavy atom. The molecule has 0 aliphatic carbocycles. The molecule has 2 heterocycles. The first-order chi connectivity index (χ1) is 10.1. The maximum Gasteiger partial charge on any atom is 0.165 e. The molecule has 1 aliphatic heterocycles. The summed E-state index contributed by atoms with van der Waals surface area (Å²) in [5.41, 5.74) is 1.61. The van der Waals surface area contributed by atoms with Gasteiger partial charge in [-0.2, -0.15) is 0 Å². The molecule has 1 aromatic heterocycles. The summed E-state index contributed by atoms with van der Waals surface area (Å²) in [5.74, 6) is 1.79. The topological polar surface area (TPSA) is 49.2 Å². The minimum atomic E-state index is 0.223. The Morgan fingerprint density at radius 2 is 2.00 bits per heavy atom. The largest absolute Gasteiger partial charge is 0.507 e. The van der Waals surface area contributed by atoms with Crippen molar-refractivity contribution >= 4 is 5.82 Å². The number of benzene rings is 1. The lowest BCUT2D eigenvalue weighted by Gasteiger charge is -2.34. The third-order valence-corrected chi connectivity index (χ3v) is 4.08. The second kappa shape index (κ2) is 5.72. The predicted molar refractivity (Wildman–Crippen MR) is 84.5 cm³/mol. The van der Waals surface area contributed by atoms with Crippen LogP contribution in [0.2, 0.25) is 0 Å². The number of anilines is 1. The molecule has 1 fully saturated rings. The van der Waals surface area contributed by atoms with Gasteiger partial charge in [-0.05, 0) is 45.2 Å². The van der Waals surface area contributed by atoms with Gasteiger partial charge >= 0.3 is 0 Å². The SMILES string of the molecule is Cc1cc(N2CCCC[C@@H]2C)nc(-c2ccccc2O)n1. The predicted octanol–water partition coefficient (Wildman–Crippen LogP) is 3.54. The Bertz CT molecular complexity index is 642. The first kappa shape index (κ1) is 13.9. The zero-order valence-corrected chi connectivity index (χ0v) is 12.6. The van der Waals surface area contributed by atoms with Gasteiger partial charge in [-0.25, -0.2) is 9.97 Å². The average Bonchev–Trinajstić information content (AvgIpc) is 2.47. The maximum atomic E-state index is 10.0. The first-order valence-electron chi connectivity index (χ1n) is 7.56. The summed E-state index contributed by atoms with van der Waals surface area (Å²) < 4.78 is 0. The normalized spacial score (nSPS) is 18.8. The van der Waals surface area contributed by atoms with Gasteiger partial charge in [-0.15, -0.1) is 0 Å². The number of phenolic OH excluding ortho intramolecular Hbond substituents is 1. The van der Waals surface area contributed by atoms with Gasteiger partial charge in [0.15, 0.2) is 5.82 Å². The molecule has 0 spiro atoms. The van der Waals surface area contributed by atoms with E-state index >= 15 is 0 Å².